The molecule has 24 heavy (non-hydrogen) atoms. The van der Waals surface area contributed by atoms with E-state index >= 15 is 0 Å². The summed E-state index contributed by atoms with van der Waals surface area (Å²) in [7, 11) is 0. The Morgan fingerprint density at radius 1 is 1.38 bits per heavy atom. The Morgan fingerprint density at radius 2 is 2.12 bits per heavy atom. The Balaban J connectivity index is 0.00000208. The Bertz CT molecular complexity index is 675. The molecule has 1 aliphatic rings. The fraction of sp³-hybridized carbons (Fsp3) is 0.375. The van der Waals surface area contributed by atoms with E-state index in [1.54, 1.807) is 12.1 Å². The number of benzene rings is 1. The smallest absolute Gasteiger partial charge is 0.226 e. The third kappa shape index (κ3) is 4.70. The van der Waals surface area contributed by atoms with Crippen molar-refractivity contribution in [2.24, 2.45) is 5.92 Å². The molecule has 8 heteroatoms. The van der Waals surface area contributed by atoms with E-state index in [4.69, 9.17) is 16.0 Å². The van der Waals surface area contributed by atoms with Gasteiger partial charge < -0.3 is 20.2 Å². The molecule has 1 aliphatic heterocycles. The van der Waals surface area contributed by atoms with Crippen LogP contribution in [0.1, 0.15) is 5.69 Å². The normalized spacial score (nSPS) is 19.8. The number of oxazole rings is 1. The van der Waals surface area contributed by atoms with Crippen LogP contribution in [0.5, 0.6) is 0 Å². The molecule has 0 radical (unpaired) electrons. The van der Waals surface area contributed by atoms with Gasteiger partial charge in [-0.15, -0.1) is 12.4 Å². The van der Waals surface area contributed by atoms with Crippen molar-refractivity contribution in [3.05, 3.63) is 41.2 Å². The molecule has 130 valence electrons. The number of β-amino-alcohol motifs (C(OH)–C–C–N with tert-alkyl or cyclic N) is 1. The van der Waals surface area contributed by atoms with Crippen LogP contribution in [-0.4, -0.2) is 41.7 Å². The average Bonchev–Trinajstić information content (AvgIpc) is 3.15. The highest BCUT2D eigenvalue weighted by atomic mass is 35.5. The number of rotatable bonds is 5. The van der Waals surface area contributed by atoms with E-state index in [9.17, 15) is 9.90 Å². The maximum atomic E-state index is 12.0. The summed E-state index contributed by atoms with van der Waals surface area (Å²) in [6.07, 6.45) is 1.22. The van der Waals surface area contributed by atoms with E-state index in [1.807, 2.05) is 12.1 Å². The van der Waals surface area contributed by atoms with Crippen molar-refractivity contribution >= 4 is 29.9 Å². The summed E-state index contributed by atoms with van der Waals surface area (Å²) >= 11 is 5.85. The molecule has 0 bridgehead atoms. The molecule has 2 aromatic rings. The van der Waals surface area contributed by atoms with Crippen LogP contribution in [0.2, 0.25) is 5.02 Å². The number of halogens is 2. The van der Waals surface area contributed by atoms with Gasteiger partial charge in [0.05, 0.1) is 18.2 Å². The van der Waals surface area contributed by atoms with Crippen LogP contribution >= 0.6 is 24.0 Å². The first-order chi connectivity index (χ1) is 11.1. The molecule has 1 amide bonds. The van der Waals surface area contributed by atoms with Crippen LogP contribution in [0.25, 0.3) is 11.5 Å². The lowest BCUT2D eigenvalue weighted by molar-refractivity contribution is -0.120. The van der Waals surface area contributed by atoms with Crippen molar-refractivity contribution in [2.75, 3.05) is 19.6 Å². The zero-order chi connectivity index (χ0) is 16.2. The van der Waals surface area contributed by atoms with Crippen LogP contribution < -0.4 is 10.6 Å². The SMILES string of the molecule is Cl.O=C(Cc1coc(-c2ccc(Cl)cc2)n1)NCC1CNCC1O. The number of carbonyl (C=O) groups excluding carboxylic acids is 1. The zero-order valence-corrected chi connectivity index (χ0v) is 14.4. The first-order valence-electron chi connectivity index (χ1n) is 7.47. The van der Waals surface area contributed by atoms with Gasteiger partial charge in [-0.2, -0.15) is 0 Å². The highest BCUT2D eigenvalue weighted by Gasteiger charge is 2.25. The van der Waals surface area contributed by atoms with Crippen LogP contribution in [0.15, 0.2) is 34.9 Å². The molecule has 1 saturated heterocycles. The molecule has 6 nitrogen and oxygen atoms in total. The van der Waals surface area contributed by atoms with Gasteiger partial charge >= 0.3 is 0 Å². The number of nitrogens with one attached hydrogen (secondary N) is 2. The molecular weight excluding hydrogens is 353 g/mol. The van der Waals surface area contributed by atoms with Crippen LogP contribution in [0.4, 0.5) is 0 Å². The lowest BCUT2D eigenvalue weighted by atomic mass is 10.1. The monoisotopic (exact) mass is 371 g/mol. The summed E-state index contributed by atoms with van der Waals surface area (Å²) < 4.78 is 5.40. The Labute approximate surface area is 151 Å². The number of amides is 1. The van der Waals surface area contributed by atoms with E-state index < -0.39 is 6.10 Å². The van der Waals surface area contributed by atoms with E-state index in [0.29, 0.717) is 36.2 Å². The third-order valence-electron chi connectivity index (χ3n) is 3.85. The molecule has 1 aromatic heterocycles. The molecule has 3 rings (SSSR count). The number of hydrogen-bond donors (Lipinski definition) is 3. The molecular formula is C16H19Cl2N3O3. The van der Waals surface area contributed by atoms with E-state index in [0.717, 1.165) is 5.56 Å². The lowest BCUT2D eigenvalue weighted by Crippen LogP contribution is -2.35. The van der Waals surface area contributed by atoms with Crippen LogP contribution in [-0.2, 0) is 11.2 Å². The Morgan fingerprint density at radius 3 is 2.79 bits per heavy atom. The van der Waals surface area contributed by atoms with Gasteiger partial charge in [-0.25, -0.2) is 4.98 Å². The largest absolute Gasteiger partial charge is 0.444 e. The third-order valence-corrected chi connectivity index (χ3v) is 4.10. The van der Waals surface area contributed by atoms with Gasteiger partial charge in [0.1, 0.15) is 6.26 Å². The summed E-state index contributed by atoms with van der Waals surface area (Å²) in [4.78, 5) is 16.3. The Hall–Kier alpha value is -1.60. The number of aliphatic hydroxyl groups is 1. The minimum Gasteiger partial charge on any atom is -0.444 e. The fourth-order valence-electron chi connectivity index (χ4n) is 2.51. The van der Waals surface area contributed by atoms with Crippen LogP contribution in [0, 0.1) is 5.92 Å². The second kappa shape index (κ2) is 8.48. The molecule has 0 spiro atoms. The minimum absolute atomic E-state index is 0. The summed E-state index contributed by atoms with van der Waals surface area (Å²) in [5.74, 6) is 0.376. The second-order valence-electron chi connectivity index (χ2n) is 5.62. The summed E-state index contributed by atoms with van der Waals surface area (Å²) in [5.41, 5.74) is 1.37. The van der Waals surface area contributed by atoms with Gasteiger partial charge in [0.15, 0.2) is 0 Å². The fourth-order valence-corrected chi connectivity index (χ4v) is 2.64. The van der Waals surface area contributed by atoms with Crippen molar-refractivity contribution in [1.82, 2.24) is 15.6 Å². The Kier molecular flexibility index (Phi) is 6.62. The molecule has 2 unspecified atom stereocenters. The summed E-state index contributed by atoms with van der Waals surface area (Å²) in [6.45, 7) is 1.75. The summed E-state index contributed by atoms with van der Waals surface area (Å²) in [6, 6.07) is 7.14. The maximum Gasteiger partial charge on any atom is 0.226 e. The highest BCUT2D eigenvalue weighted by Crippen LogP contribution is 2.21. The van der Waals surface area contributed by atoms with E-state index in [-0.39, 0.29) is 30.7 Å². The van der Waals surface area contributed by atoms with Crippen molar-refractivity contribution < 1.29 is 14.3 Å². The first-order valence-corrected chi connectivity index (χ1v) is 7.85. The lowest BCUT2D eigenvalue weighted by Gasteiger charge is -2.13. The van der Waals surface area contributed by atoms with E-state index in [2.05, 4.69) is 15.6 Å². The molecule has 2 heterocycles. The average molecular weight is 372 g/mol. The number of hydrogen-bond acceptors (Lipinski definition) is 5. The number of aliphatic hydroxyl groups excluding tert-OH is 1. The molecule has 1 aromatic carbocycles. The van der Waals surface area contributed by atoms with Crippen molar-refractivity contribution in [3.63, 3.8) is 0 Å². The zero-order valence-electron chi connectivity index (χ0n) is 12.9. The van der Waals surface area contributed by atoms with Gasteiger partial charge in [0, 0.05) is 36.1 Å². The topological polar surface area (TPSA) is 87.4 Å². The van der Waals surface area contributed by atoms with Gasteiger partial charge in [-0.3, -0.25) is 4.79 Å². The predicted molar refractivity (Wildman–Crippen MR) is 93.3 cm³/mol. The van der Waals surface area contributed by atoms with Crippen molar-refractivity contribution in [2.45, 2.75) is 12.5 Å². The first kappa shape index (κ1) is 18.7. The number of aromatic nitrogens is 1. The number of carbonyl (C=O) groups is 1. The molecule has 1 fully saturated rings. The second-order valence-corrected chi connectivity index (χ2v) is 6.05. The van der Waals surface area contributed by atoms with Crippen molar-refractivity contribution in [3.8, 4) is 11.5 Å². The highest BCUT2D eigenvalue weighted by molar-refractivity contribution is 6.30. The van der Waals surface area contributed by atoms with Gasteiger partial charge in [0.2, 0.25) is 11.8 Å². The molecule has 0 aliphatic carbocycles. The number of nitrogens with zero attached hydrogens (tertiary/aromatic N) is 1. The minimum atomic E-state index is -0.404. The van der Waals surface area contributed by atoms with Gasteiger partial charge in [-0.1, -0.05) is 11.6 Å². The van der Waals surface area contributed by atoms with Gasteiger partial charge in [-0.05, 0) is 24.3 Å². The maximum absolute atomic E-state index is 12.0. The molecule has 3 N–H and O–H groups in total. The molecule has 2 atom stereocenters. The van der Waals surface area contributed by atoms with Crippen molar-refractivity contribution in [1.29, 1.82) is 0 Å². The van der Waals surface area contributed by atoms with Crippen LogP contribution in [0.3, 0.4) is 0 Å². The molecule has 0 saturated carbocycles. The van der Waals surface area contributed by atoms with Gasteiger partial charge in [0.25, 0.3) is 0 Å². The summed E-state index contributed by atoms with van der Waals surface area (Å²) in [5, 5.41) is 16.2. The quantitative estimate of drug-likeness (QED) is 0.743. The predicted octanol–water partition coefficient (Wildman–Crippen LogP) is 1.66. The van der Waals surface area contributed by atoms with E-state index in [1.165, 1.54) is 6.26 Å². The standard InChI is InChI=1S/C16H18ClN3O3.ClH/c17-12-3-1-10(2-4-12)16-20-13(9-23-16)5-15(22)19-7-11-6-18-8-14(11)21;/h1-4,9,11,14,18,21H,5-8H2,(H,19,22);1H.